The van der Waals surface area contributed by atoms with Gasteiger partial charge in [-0.2, -0.15) is 0 Å². The largest absolute Gasteiger partial charge is 0.481 e. The van der Waals surface area contributed by atoms with Crippen LogP contribution in [0, 0.1) is 0 Å². The Morgan fingerprint density at radius 1 is 1.55 bits per heavy atom. The van der Waals surface area contributed by atoms with Crippen LogP contribution in [0.4, 0.5) is 5.13 Å². The molecule has 0 aliphatic carbocycles. The van der Waals surface area contributed by atoms with E-state index in [2.05, 4.69) is 15.5 Å². The van der Waals surface area contributed by atoms with Crippen molar-refractivity contribution in [1.82, 2.24) is 10.1 Å². The van der Waals surface area contributed by atoms with E-state index in [0.29, 0.717) is 16.6 Å². The summed E-state index contributed by atoms with van der Waals surface area (Å²) in [7, 11) is 1.50. The van der Waals surface area contributed by atoms with Crippen LogP contribution >= 0.6 is 11.3 Å². The molecule has 8 nitrogen and oxygen atoms in total. The van der Waals surface area contributed by atoms with E-state index in [0.717, 1.165) is 11.3 Å². The van der Waals surface area contributed by atoms with E-state index in [4.69, 9.17) is 14.4 Å². The predicted octanol–water partition coefficient (Wildman–Crippen LogP) is 1.16. The molecule has 9 heteroatoms. The normalized spacial score (nSPS) is 10.4. The molecule has 0 bridgehead atoms. The van der Waals surface area contributed by atoms with Gasteiger partial charge in [-0.1, -0.05) is 5.16 Å². The topological polar surface area (TPSA) is 115 Å². The maximum absolute atomic E-state index is 11.8. The molecule has 0 radical (unpaired) electrons. The van der Waals surface area contributed by atoms with E-state index in [1.165, 1.54) is 13.2 Å². The van der Waals surface area contributed by atoms with Gasteiger partial charge in [0.2, 0.25) is 0 Å². The Bertz CT molecular complexity index is 621. The molecule has 2 N–H and O–H groups in total. The van der Waals surface area contributed by atoms with Gasteiger partial charge in [0, 0.05) is 18.6 Å². The zero-order chi connectivity index (χ0) is 14.5. The minimum Gasteiger partial charge on any atom is -0.481 e. The number of carboxylic acid groups (broad SMARTS) is 1. The molecular weight excluding hydrogens is 286 g/mol. The lowest BCUT2D eigenvalue weighted by molar-refractivity contribution is -0.136. The molecule has 2 aromatic heterocycles. The Morgan fingerprint density at radius 3 is 3.05 bits per heavy atom. The van der Waals surface area contributed by atoms with Crippen molar-refractivity contribution < 1.29 is 24.0 Å². The Morgan fingerprint density at radius 2 is 2.35 bits per heavy atom. The predicted molar refractivity (Wildman–Crippen MR) is 68.6 cm³/mol. The van der Waals surface area contributed by atoms with Crippen molar-refractivity contribution >= 4 is 28.3 Å². The first-order chi connectivity index (χ1) is 9.58. The number of rotatable bonds is 6. The molecule has 0 unspecified atom stereocenters. The highest BCUT2D eigenvalue weighted by Crippen LogP contribution is 2.17. The Kier molecular flexibility index (Phi) is 4.43. The van der Waals surface area contributed by atoms with Crippen LogP contribution in [0.15, 0.2) is 16.0 Å². The zero-order valence-corrected chi connectivity index (χ0v) is 11.3. The molecule has 0 saturated heterocycles. The summed E-state index contributed by atoms with van der Waals surface area (Å²) in [4.78, 5) is 26.3. The number of amides is 1. The number of anilines is 1. The number of carbonyl (C=O) groups excluding carboxylic acids is 1. The maximum atomic E-state index is 11.8. The number of aliphatic carboxylic acids is 1. The third kappa shape index (κ3) is 3.62. The van der Waals surface area contributed by atoms with Gasteiger partial charge in [-0.3, -0.25) is 14.9 Å². The van der Waals surface area contributed by atoms with Gasteiger partial charge >= 0.3 is 5.97 Å². The van der Waals surface area contributed by atoms with Gasteiger partial charge in [0.25, 0.3) is 5.91 Å². The number of ether oxygens (including phenoxy) is 1. The number of aromatic nitrogens is 2. The maximum Gasteiger partial charge on any atom is 0.309 e. The summed E-state index contributed by atoms with van der Waals surface area (Å²) < 4.78 is 9.74. The Labute approximate surface area is 117 Å². The number of nitrogens with zero attached hydrogens (tertiary/aromatic N) is 2. The second kappa shape index (κ2) is 6.26. The first kappa shape index (κ1) is 14.2. The van der Waals surface area contributed by atoms with E-state index < -0.39 is 11.9 Å². The van der Waals surface area contributed by atoms with Crippen molar-refractivity contribution in [3.05, 3.63) is 28.6 Å². The van der Waals surface area contributed by atoms with Crippen molar-refractivity contribution in [2.45, 2.75) is 13.0 Å². The standard InChI is InChI=1S/C11H11N3O5S/c1-18-4-7-3-8(14-19-7)10(17)13-11-12-6(5-20-11)2-9(15)16/h3,5H,2,4H2,1H3,(H,15,16)(H,12,13,17). The second-order valence-electron chi connectivity index (χ2n) is 3.78. The van der Waals surface area contributed by atoms with Gasteiger partial charge in [0.05, 0.1) is 12.1 Å². The monoisotopic (exact) mass is 297 g/mol. The first-order valence-corrected chi connectivity index (χ1v) is 6.38. The minimum atomic E-state index is -0.978. The Balaban J connectivity index is 1.99. The van der Waals surface area contributed by atoms with Crippen molar-refractivity contribution in [2.24, 2.45) is 0 Å². The fourth-order valence-electron chi connectivity index (χ4n) is 1.39. The van der Waals surface area contributed by atoms with Gasteiger partial charge in [-0.25, -0.2) is 4.98 Å². The summed E-state index contributed by atoms with van der Waals surface area (Å²) in [6.07, 6.45) is -0.186. The van der Waals surface area contributed by atoms with Crippen molar-refractivity contribution in [3.63, 3.8) is 0 Å². The van der Waals surface area contributed by atoms with Gasteiger partial charge in [0.1, 0.15) is 6.61 Å². The molecule has 0 aromatic carbocycles. The molecule has 106 valence electrons. The summed E-state index contributed by atoms with van der Waals surface area (Å²) in [6, 6.07) is 1.46. The zero-order valence-electron chi connectivity index (χ0n) is 10.5. The van der Waals surface area contributed by atoms with Crippen molar-refractivity contribution in [1.29, 1.82) is 0 Å². The fourth-order valence-corrected chi connectivity index (χ4v) is 2.10. The highest BCUT2D eigenvalue weighted by Gasteiger charge is 2.15. The number of hydrogen-bond acceptors (Lipinski definition) is 7. The first-order valence-electron chi connectivity index (χ1n) is 5.50. The molecule has 2 heterocycles. The molecule has 0 aliphatic rings. The average Bonchev–Trinajstić information content (AvgIpc) is 2.99. The molecule has 0 spiro atoms. The third-order valence-electron chi connectivity index (χ3n) is 2.18. The lowest BCUT2D eigenvalue weighted by Crippen LogP contribution is -2.12. The van der Waals surface area contributed by atoms with E-state index in [1.807, 2.05) is 0 Å². The molecule has 2 aromatic rings. The quantitative estimate of drug-likeness (QED) is 0.822. The van der Waals surface area contributed by atoms with Crippen LogP contribution in [0.5, 0.6) is 0 Å². The molecule has 0 atom stereocenters. The van der Waals surface area contributed by atoms with Gasteiger partial charge in [-0.15, -0.1) is 11.3 Å². The molecule has 1 amide bonds. The molecule has 2 rings (SSSR count). The highest BCUT2D eigenvalue weighted by atomic mass is 32.1. The summed E-state index contributed by atoms with van der Waals surface area (Å²) in [5.74, 6) is -1.02. The van der Waals surface area contributed by atoms with Crippen LogP contribution in [0.2, 0.25) is 0 Å². The molecule has 0 aliphatic heterocycles. The third-order valence-corrected chi connectivity index (χ3v) is 2.99. The molecule has 0 fully saturated rings. The fraction of sp³-hybridized carbons (Fsp3) is 0.273. The number of nitrogens with one attached hydrogen (secondary N) is 1. The minimum absolute atomic E-state index is 0.104. The summed E-state index contributed by atoms with van der Waals surface area (Å²) in [5, 5.41) is 16.6. The van der Waals surface area contributed by atoms with E-state index in [1.54, 1.807) is 5.38 Å². The number of hydrogen-bond donors (Lipinski definition) is 2. The second-order valence-corrected chi connectivity index (χ2v) is 4.64. The van der Waals surface area contributed by atoms with Crippen molar-refractivity contribution in [3.8, 4) is 0 Å². The molecule has 0 saturated carbocycles. The average molecular weight is 297 g/mol. The smallest absolute Gasteiger partial charge is 0.309 e. The lowest BCUT2D eigenvalue weighted by Gasteiger charge is -1.96. The van der Waals surface area contributed by atoms with Crippen LogP contribution in [-0.4, -0.2) is 34.2 Å². The SMILES string of the molecule is COCc1cc(C(=O)Nc2nc(CC(=O)O)cs2)no1. The lowest BCUT2D eigenvalue weighted by atomic mass is 10.3. The van der Waals surface area contributed by atoms with Crippen molar-refractivity contribution in [2.75, 3.05) is 12.4 Å². The summed E-state index contributed by atoms with van der Waals surface area (Å²) in [6.45, 7) is 0.223. The van der Waals surface area contributed by atoms with Crippen LogP contribution in [0.25, 0.3) is 0 Å². The van der Waals surface area contributed by atoms with Crippen LogP contribution in [0.1, 0.15) is 21.9 Å². The van der Waals surface area contributed by atoms with E-state index in [-0.39, 0.29) is 18.7 Å². The number of methoxy groups -OCH3 is 1. The van der Waals surface area contributed by atoms with Crippen LogP contribution < -0.4 is 5.32 Å². The van der Waals surface area contributed by atoms with E-state index in [9.17, 15) is 9.59 Å². The summed E-state index contributed by atoms with van der Waals surface area (Å²) >= 11 is 1.14. The number of carboxylic acids is 1. The summed E-state index contributed by atoms with van der Waals surface area (Å²) in [5.41, 5.74) is 0.491. The van der Waals surface area contributed by atoms with Gasteiger partial charge in [0.15, 0.2) is 16.6 Å². The van der Waals surface area contributed by atoms with Crippen LogP contribution in [-0.2, 0) is 22.6 Å². The van der Waals surface area contributed by atoms with Gasteiger partial charge < -0.3 is 14.4 Å². The van der Waals surface area contributed by atoms with Gasteiger partial charge in [-0.05, 0) is 0 Å². The molecule has 20 heavy (non-hydrogen) atoms. The number of thiazole rings is 1. The number of carbonyl (C=O) groups is 2. The Hall–Kier alpha value is -2.26. The highest BCUT2D eigenvalue weighted by molar-refractivity contribution is 7.14. The molecular formula is C11H11N3O5S. The van der Waals surface area contributed by atoms with Crippen LogP contribution in [0.3, 0.4) is 0 Å². The van der Waals surface area contributed by atoms with E-state index >= 15 is 0 Å².